The van der Waals surface area contributed by atoms with Crippen molar-refractivity contribution in [3.63, 3.8) is 0 Å². The van der Waals surface area contributed by atoms with E-state index in [4.69, 9.17) is 20.8 Å². The van der Waals surface area contributed by atoms with Crippen molar-refractivity contribution in [3.05, 3.63) is 100 Å². The number of amides is 1. The number of hydrogen-bond acceptors (Lipinski definition) is 6. The van der Waals surface area contributed by atoms with Gasteiger partial charge in [0.1, 0.15) is 23.4 Å². The van der Waals surface area contributed by atoms with Crippen molar-refractivity contribution < 1.29 is 18.7 Å². The first-order chi connectivity index (χ1) is 16.5. The number of halogens is 1. The van der Waals surface area contributed by atoms with Gasteiger partial charge >= 0.3 is 5.97 Å². The second-order valence-electron chi connectivity index (χ2n) is 7.39. The van der Waals surface area contributed by atoms with Crippen molar-refractivity contribution in [3.8, 4) is 5.75 Å². The number of carbonyl (C=O) groups excluding carboxylic acids is 2. The second kappa shape index (κ2) is 8.84. The van der Waals surface area contributed by atoms with Crippen LogP contribution >= 0.6 is 11.6 Å². The van der Waals surface area contributed by atoms with Gasteiger partial charge in [0.25, 0.3) is 11.5 Å². The molecule has 0 aliphatic rings. The Morgan fingerprint density at radius 2 is 1.74 bits per heavy atom. The topological polar surface area (TPSA) is 103 Å². The highest BCUT2D eigenvalue weighted by Gasteiger charge is 2.16. The number of hydrogen-bond donors (Lipinski definition) is 1. The molecule has 0 spiro atoms. The molecule has 0 radical (unpaired) electrons. The summed E-state index contributed by atoms with van der Waals surface area (Å²) in [6, 6.07) is 20.1. The average molecular weight is 474 g/mol. The first-order valence-corrected chi connectivity index (χ1v) is 10.6. The summed E-state index contributed by atoms with van der Waals surface area (Å²) in [5.74, 6) is -0.762. The first kappa shape index (κ1) is 21.4. The molecule has 5 rings (SSSR count). The van der Waals surface area contributed by atoms with Gasteiger partial charge in [-0.15, -0.1) is 0 Å². The van der Waals surface area contributed by atoms with Crippen LogP contribution < -0.4 is 15.6 Å². The fraction of sp³-hybridized carbons (Fsp3) is 0.0400. The number of para-hydroxylation sites is 1. The standard InChI is InChI=1S/C25H16ClN3O5/c26-19-7-3-1-5-17(19)24(31)28-15-9-11-16(12-10-15)33-21(30)13-29-14-27-22-18-6-2-4-8-20(18)34-23(22)25(29)32/h1-12,14H,13H2,(H,28,31). The van der Waals surface area contributed by atoms with E-state index in [0.717, 1.165) is 9.95 Å². The molecule has 34 heavy (non-hydrogen) atoms. The highest BCUT2D eigenvalue weighted by Crippen LogP contribution is 2.24. The molecule has 2 aromatic heterocycles. The maximum atomic E-state index is 12.7. The van der Waals surface area contributed by atoms with Crippen molar-refractivity contribution in [2.45, 2.75) is 6.54 Å². The lowest BCUT2D eigenvalue weighted by molar-refractivity contribution is -0.135. The summed E-state index contributed by atoms with van der Waals surface area (Å²) >= 11 is 6.05. The molecule has 0 saturated heterocycles. The van der Waals surface area contributed by atoms with Gasteiger partial charge < -0.3 is 14.5 Å². The molecule has 1 amide bonds. The first-order valence-electron chi connectivity index (χ1n) is 10.2. The molecule has 0 unspecified atom stereocenters. The van der Waals surface area contributed by atoms with Gasteiger partial charge in [-0.3, -0.25) is 14.2 Å². The van der Waals surface area contributed by atoms with Crippen molar-refractivity contribution in [2.24, 2.45) is 0 Å². The van der Waals surface area contributed by atoms with Gasteiger partial charge in [-0.1, -0.05) is 35.9 Å². The third kappa shape index (κ3) is 4.14. The Hall–Kier alpha value is -4.43. The molecule has 0 aliphatic heterocycles. The molecule has 0 aliphatic carbocycles. The van der Waals surface area contributed by atoms with Gasteiger partial charge in [0, 0.05) is 11.1 Å². The summed E-state index contributed by atoms with van der Waals surface area (Å²) < 4.78 is 12.1. The molecular weight excluding hydrogens is 458 g/mol. The van der Waals surface area contributed by atoms with Gasteiger partial charge in [0.2, 0.25) is 5.58 Å². The van der Waals surface area contributed by atoms with Gasteiger partial charge in [-0.2, -0.15) is 0 Å². The van der Waals surface area contributed by atoms with Crippen molar-refractivity contribution in [1.82, 2.24) is 9.55 Å². The fourth-order valence-corrected chi connectivity index (χ4v) is 3.70. The van der Waals surface area contributed by atoms with E-state index >= 15 is 0 Å². The smallest absolute Gasteiger partial charge is 0.331 e. The molecule has 1 N–H and O–H groups in total. The minimum Gasteiger partial charge on any atom is -0.448 e. The molecular formula is C25H16ClN3O5. The number of aromatic nitrogens is 2. The Balaban J connectivity index is 1.27. The van der Waals surface area contributed by atoms with Crippen LogP contribution in [0.25, 0.3) is 22.1 Å². The summed E-state index contributed by atoms with van der Waals surface area (Å²) in [7, 11) is 0. The Labute approximate surface area is 197 Å². The molecule has 5 aromatic rings. The summed E-state index contributed by atoms with van der Waals surface area (Å²) in [4.78, 5) is 41.8. The van der Waals surface area contributed by atoms with Crippen LogP contribution in [0.3, 0.4) is 0 Å². The lowest BCUT2D eigenvalue weighted by Crippen LogP contribution is -2.26. The number of rotatable bonds is 5. The molecule has 8 nitrogen and oxygen atoms in total. The van der Waals surface area contributed by atoms with Crippen LogP contribution in [-0.2, 0) is 11.3 Å². The third-order valence-corrected chi connectivity index (χ3v) is 5.44. The average Bonchev–Trinajstić information content (AvgIpc) is 3.22. The zero-order valence-electron chi connectivity index (χ0n) is 17.5. The largest absolute Gasteiger partial charge is 0.448 e. The van der Waals surface area contributed by atoms with Crippen LogP contribution in [0.4, 0.5) is 5.69 Å². The zero-order valence-corrected chi connectivity index (χ0v) is 18.3. The number of anilines is 1. The number of ether oxygens (including phenoxy) is 1. The molecule has 168 valence electrons. The summed E-state index contributed by atoms with van der Waals surface area (Å²) in [5.41, 5.74) is 1.44. The monoisotopic (exact) mass is 473 g/mol. The van der Waals surface area contributed by atoms with Crippen LogP contribution in [0, 0.1) is 0 Å². The Kier molecular flexibility index (Phi) is 5.57. The number of benzene rings is 3. The molecule has 3 aromatic carbocycles. The van der Waals surface area contributed by atoms with Gasteiger partial charge in [0.05, 0.1) is 16.9 Å². The lowest BCUT2D eigenvalue weighted by atomic mass is 10.2. The van der Waals surface area contributed by atoms with Crippen LogP contribution in [0.15, 0.2) is 88.3 Å². The summed E-state index contributed by atoms with van der Waals surface area (Å²) in [5, 5.41) is 3.80. The fourth-order valence-electron chi connectivity index (χ4n) is 3.48. The van der Waals surface area contributed by atoms with E-state index in [1.165, 1.54) is 18.5 Å². The highest BCUT2D eigenvalue weighted by atomic mass is 35.5. The number of nitrogens with one attached hydrogen (secondary N) is 1. The van der Waals surface area contributed by atoms with Crippen LogP contribution in [0.2, 0.25) is 5.02 Å². The maximum absolute atomic E-state index is 12.7. The normalized spacial score (nSPS) is 11.0. The summed E-state index contributed by atoms with van der Waals surface area (Å²) in [6.45, 7) is -0.343. The second-order valence-corrected chi connectivity index (χ2v) is 7.79. The summed E-state index contributed by atoms with van der Waals surface area (Å²) in [6.07, 6.45) is 1.29. The molecule has 0 saturated carbocycles. The van der Waals surface area contributed by atoms with Gasteiger partial charge in [-0.05, 0) is 48.5 Å². The molecule has 2 heterocycles. The number of nitrogens with zero attached hydrogens (tertiary/aromatic N) is 2. The van der Waals surface area contributed by atoms with E-state index in [1.807, 2.05) is 12.1 Å². The SMILES string of the molecule is O=C(Cn1cnc2c(oc3ccccc32)c1=O)Oc1ccc(NC(=O)c2ccccc2Cl)cc1. The molecule has 0 fully saturated rings. The Morgan fingerprint density at radius 3 is 2.53 bits per heavy atom. The van der Waals surface area contributed by atoms with E-state index in [1.54, 1.807) is 48.5 Å². The molecule has 0 atom stereocenters. The van der Waals surface area contributed by atoms with E-state index in [9.17, 15) is 14.4 Å². The zero-order chi connectivity index (χ0) is 23.7. The van der Waals surface area contributed by atoms with Crippen LogP contribution in [0.1, 0.15) is 10.4 Å². The third-order valence-electron chi connectivity index (χ3n) is 5.11. The maximum Gasteiger partial charge on any atom is 0.331 e. The lowest BCUT2D eigenvalue weighted by Gasteiger charge is -2.09. The van der Waals surface area contributed by atoms with Crippen molar-refractivity contribution in [1.29, 1.82) is 0 Å². The van der Waals surface area contributed by atoms with E-state index in [0.29, 0.717) is 27.4 Å². The van der Waals surface area contributed by atoms with Gasteiger partial charge in [0.15, 0.2) is 0 Å². The minimum absolute atomic E-state index is 0.0788. The minimum atomic E-state index is -0.660. The van der Waals surface area contributed by atoms with Crippen LogP contribution in [0.5, 0.6) is 5.75 Å². The number of furan rings is 1. The van der Waals surface area contributed by atoms with Crippen molar-refractivity contribution >= 4 is 51.2 Å². The number of fused-ring (bicyclic) bond motifs is 3. The van der Waals surface area contributed by atoms with E-state index in [2.05, 4.69) is 10.3 Å². The molecule has 9 heteroatoms. The van der Waals surface area contributed by atoms with Crippen molar-refractivity contribution in [2.75, 3.05) is 5.32 Å². The number of carbonyl (C=O) groups is 2. The van der Waals surface area contributed by atoms with E-state index in [-0.39, 0.29) is 23.8 Å². The van der Waals surface area contributed by atoms with Crippen LogP contribution in [-0.4, -0.2) is 21.4 Å². The van der Waals surface area contributed by atoms with Gasteiger partial charge in [-0.25, -0.2) is 9.78 Å². The predicted octanol–water partition coefficient (Wildman–Crippen LogP) is 4.65. The Morgan fingerprint density at radius 1 is 1.00 bits per heavy atom. The highest BCUT2D eigenvalue weighted by molar-refractivity contribution is 6.34. The molecule has 0 bridgehead atoms. The Bertz CT molecular complexity index is 1610. The number of esters is 1. The quantitative estimate of drug-likeness (QED) is 0.294. The predicted molar refractivity (Wildman–Crippen MR) is 127 cm³/mol. The van der Waals surface area contributed by atoms with E-state index < -0.39 is 11.5 Å².